The number of aryl methyl sites for hydroxylation is 1. The molecule has 5 atom stereocenters. The van der Waals surface area contributed by atoms with E-state index in [0.717, 1.165) is 49.7 Å². The number of phenolic OH excluding ortho intramolecular Hbond substituents is 1. The summed E-state index contributed by atoms with van der Waals surface area (Å²) in [6, 6.07) is 4.06. The number of fused-ring (bicyclic) bond motifs is 1. The van der Waals surface area contributed by atoms with Gasteiger partial charge < -0.3 is 24.4 Å². The Kier molecular flexibility index (Phi) is 4.18. The second-order valence-electron chi connectivity index (χ2n) is 12.5. The van der Waals surface area contributed by atoms with Gasteiger partial charge in [-0.1, -0.05) is 12.1 Å². The van der Waals surface area contributed by atoms with Crippen molar-refractivity contribution in [2.24, 2.45) is 18.4 Å². The number of phenols is 1. The number of aromatic hydroxyl groups is 1. The highest BCUT2D eigenvalue weighted by atomic mass is 16.5. The molecule has 3 heterocycles. The van der Waals surface area contributed by atoms with E-state index < -0.39 is 17.1 Å². The molecule has 8 nitrogen and oxygen atoms in total. The highest BCUT2D eigenvalue weighted by Crippen LogP contribution is 2.74. The third-order valence-corrected chi connectivity index (χ3v) is 10.7. The molecule has 0 radical (unpaired) electrons. The molecule has 1 aromatic heterocycles. The number of rotatable bonds is 5. The average Bonchev–Trinajstić information content (AvgIpc) is 3.49. The van der Waals surface area contributed by atoms with Crippen LogP contribution < -0.4 is 4.74 Å². The Morgan fingerprint density at radius 2 is 2.11 bits per heavy atom. The van der Waals surface area contributed by atoms with E-state index in [1.54, 1.807) is 24.2 Å². The zero-order valence-electron chi connectivity index (χ0n) is 21.5. The van der Waals surface area contributed by atoms with Crippen molar-refractivity contribution in [3.63, 3.8) is 0 Å². The second kappa shape index (κ2) is 6.97. The number of carbonyl (C=O) groups is 1. The van der Waals surface area contributed by atoms with Crippen molar-refractivity contribution in [1.29, 1.82) is 0 Å². The topological polar surface area (TPSA) is 91.1 Å². The maximum atomic E-state index is 14.1. The molecule has 1 aromatic carbocycles. The number of aliphatic hydroxyl groups is 1. The fraction of sp³-hybridized carbons (Fsp3) is 0.586. The second-order valence-corrected chi connectivity index (χ2v) is 12.5. The van der Waals surface area contributed by atoms with E-state index in [1.165, 1.54) is 18.4 Å². The van der Waals surface area contributed by atoms with Crippen LogP contribution in [0.2, 0.25) is 0 Å². The SMILES string of the molecule is CN(Cc1nccn1C)C(=O)C1=C[C@@]23CC[C@]1(O)[C@@H]1Oc4c(O)ccc5c4[C@@]12CCN(CC1CC1)[C@@H]3C5. The predicted octanol–water partition coefficient (Wildman–Crippen LogP) is 2.27. The van der Waals surface area contributed by atoms with Gasteiger partial charge in [0.25, 0.3) is 5.91 Å². The minimum atomic E-state index is -1.40. The third-order valence-electron chi connectivity index (χ3n) is 10.7. The van der Waals surface area contributed by atoms with Gasteiger partial charge in [-0.2, -0.15) is 0 Å². The first-order chi connectivity index (χ1) is 17.8. The summed E-state index contributed by atoms with van der Waals surface area (Å²) in [7, 11) is 3.70. The molecule has 7 aliphatic rings. The number of hydrogen-bond donors (Lipinski definition) is 2. The smallest absolute Gasteiger partial charge is 0.252 e. The van der Waals surface area contributed by atoms with E-state index in [0.29, 0.717) is 24.3 Å². The molecular weight excluding hydrogens is 468 g/mol. The average molecular weight is 503 g/mol. The van der Waals surface area contributed by atoms with Crippen molar-refractivity contribution in [2.75, 3.05) is 20.1 Å². The van der Waals surface area contributed by atoms with Crippen molar-refractivity contribution < 1.29 is 19.7 Å². The summed E-state index contributed by atoms with van der Waals surface area (Å²) in [5.74, 6) is 2.07. The van der Waals surface area contributed by atoms with E-state index in [-0.39, 0.29) is 23.1 Å². The fourth-order valence-electron chi connectivity index (χ4n) is 8.84. The van der Waals surface area contributed by atoms with Gasteiger partial charge in [0.05, 0.1) is 12.0 Å². The molecule has 9 rings (SSSR count). The maximum absolute atomic E-state index is 14.1. The molecule has 194 valence electrons. The number of carbonyl (C=O) groups excluding carboxylic acids is 1. The van der Waals surface area contributed by atoms with Gasteiger partial charge in [-0.3, -0.25) is 9.69 Å². The lowest BCUT2D eigenvalue weighted by Crippen LogP contribution is -2.78. The summed E-state index contributed by atoms with van der Waals surface area (Å²) in [4.78, 5) is 22.8. The Morgan fingerprint density at radius 3 is 2.86 bits per heavy atom. The number of ether oxygens (including phenoxy) is 1. The lowest BCUT2D eigenvalue weighted by atomic mass is 9.38. The zero-order chi connectivity index (χ0) is 25.3. The van der Waals surface area contributed by atoms with Gasteiger partial charge in [-0.25, -0.2) is 4.98 Å². The van der Waals surface area contributed by atoms with Crippen molar-refractivity contribution >= 4 is 5.91 Å². The van der Waals surface area contributed by atoms with E-state index in [4.69, 9.17) is 4.74 Å². The monoisotopic (exact) mass is 502 g/mol. The highest BCUT2D eigenvalue weighted by molar-refractivity contribution is 5.97. The van der Waals surface area contributed by atoms with Crippen LogP contribution in [0.5, 0.6) is 11.5 Å². The van der Waals surface area contributed by atoms with E-state index in [9.17, 15) is 15.0 Å². The van der Waals surface area contributed by atoms with Crippen LogP contribution in [0.4, 0.5) is 0 Å². The molecule has 4 bridgehead atoms. The zero-order valence-corrected chi connectivity index (χ0v) is 21.5. The highest BCUT2D eigenvalue weighted by Gasteiger charge is 2.78. The van der Waals surface area contributed by atoms with Gasteiger partial charge in [-0.05, 0) is 62.6 Å². The Labute approximate surface area is 216 Å². The molecule has 1 amide bonds. The normalized spacial score (nSPS) is 36.7. The molecular formula is C29H34N4O4. The Hall–Kier alpha value is -2.84. The van der Waals surface area contributed by atoms with Crippen LogP contribution in [0.15, 0.2) is 36.2 Å². The number of likely N-dealkylation sites (N-methyl/N-ethyl adjacent to an activating group) is 1. The minimum absolute atomic E-state index is 0.138. The molecule has 2 aromatic rings. The van der Waals surface area contributed by atoms with Gasteiger partial charge in [0.1, 0.15) is 17.5 Å². The van der Waals surface area contributed by atoms with E-state index >= 15 is 0 Å². The lowest BCUT2D eigenvalue weighted by Gasteiger charge is -2.70. The predicted molar refractivity (Wildman–Crippen MR) is 135 cm³/mol. The number of aromatic nitrogens is 2. The Bertz CT molecular complexity index is 1380. The van der Waals surface area contributed by atoms with Crippen LogP contribution in [-0.4, -0.2) is 73.4 Å². The summed E-state index contributed by atoms with van der Waals surface area (Å²) < 4.78 is 8.52. The molecule has 2 spiro atoms. The third kappa shape index (κ3) is 2.56. The first-order valence-electron chi connectivity index (χ1n) is 13.7. The summed E-state index contributed by atoms with van der Waals surface area (Å²) in [6.07, 6.45) is 10.9. The molecule has 2 saturated carbocycles. The molecule has 2 N–H and O–H groups in total. The van der Waals surface area contributed by atoms with Gasteiger partial charge >= 0.3 is 0 Å². The molecule has 37 heavy (non-hydrogen) atoms. The Balaban J connectivity index is 1.29. The quantitative estimate of drug-likeness (QED) is 0.652. The molecule has 1 saturated heterocycles. The van der Waals surface area contributed by atoms with Gasteiger partial charge in [0, 0.05) is 55.6 Å². The lowest BCUT2D eigenvalue weighted by molar-refractivity contribution is -0.188. The number of benzene rings is 1. The molecule has 2 aliphatic heterocycles. The first kappa shape index (κ1) is 22.2. The molecule has 0 unspecified atom stereocenters. The van der Waals surface area contributed by atoms with Gasteiger partial charge in [0.15, 0.2) is 11.5 Å². The number of nitrogens with zero attached hydrogens (tertiary/aromatic N) is 4. The van der Waals surface area contributed by atoms with E-state index in [1.807, 2.05) is 17.8 Å². The largest absolute Gasteiger partial charge is 0.504 e. The van der Waals surface area contributed by atoms with Crippen LogP contribution in [0.3, 0.4) is 0 Å². The van der Waals surface area contributed by atoms with E-state index in [2.05, 4.69) is 22.0 Å². The number of hydrogen-bond acceptors (Lipinski definition) is 6. The molecule has 5 aliphatic carbocycles. The van der Waals surface area contributed by atoms with Gasteiger partial charge in [-0.15, -0.1) is 0 Å². The van der Waals surface area contributed by atoms with Crippen LogP contribution in [-0.2, 0) is 30.2 Å². The summed E-state index contributed by atoms with van der Waals surface area (Å²) in [5.41, 5.74) is 0.658. The standard InChI is InChI=1S/C29H34N4O4/c1-31-12-10-30-22(31)16-32(2)25(35)19-14-27-7-8-29(19,36)26-28(27)9-11-33(15-17-3-4-17)21(27)13-18-5-6-20(34)24(37-26)23(18)28/h5-6,10,12,14,17,21,26,34,36H,3-4,7-9,11,13,15-16H2,1-2H3/t21-,26-,27-,28+,29-/m1/s1. The molecule has 3 fully saturated rings. The maximum Gasteiger partial charge on any atom is 0.252 e. The first-order valence-corrected chi connectivity index (χ1v) is 13.7. The summed E-state index contributed by atoms with van der Waals surface area (Å²) >= 11 is 0. The fourth-order valence-corrected chi connectivity index (χ4v) is 8.84. The Morgan fingerprint density at radius 1 is 1.27 bits per heavy atom. The van der Waals surface area contributed by atoms with Crippen molar-refractivity contribution in [3.8, 4) is 11.5 Å². The van der Waals surface area contributed by atoms with Crippen molar-refractivity contribution in [1.82, 2.24) is 19.4 Å². The summed E-state index contributed by atoms with van der Waals surface area (Å²) in [6.45, 7) is 2.43. The number of likely N-dealkylation sites (tertiary alicyclic amines) is 1. The van der Waals surface area contributed by atoms with Crippen molar-refractivity contribution in [2.45, 2.75) is 68.2 Å². The number of amides is 1. The van der Waals surface area contributed by atoms with Gasteiger partial charge in [0.2, 0.25) is 0 Å². The van der Waals surface area contributed by atoms with Crippen LogP contribution >= 0.6 is 0 Å². The van der Waals surface area contributed by atoms with Crippen molar-refractivity contribution in [3.05, 3.63) is 53.1 Å². The summed E-state index contributed by atoms with van der Waals surface area (Å²) in [5, 5.41) is 23.3. The number of imidazole rings is 1. The van der Waals surface area contributed by atoms with Crippen LogP contribution in [0.1, 0.15) is 49.1 Å². The minimum Gasteiger partial charge on any atom is -0.504 e. The van der Waals surface area contributed by atoms with Crippen LogP contribution in [0, 0.1) is 11.3 Å². The van der Waals surface area contributed by atoms with Crippen LogP contribution in [0.25, 0.3) is 0 Å². The number of piperidine rings is 1. The molecule has 8 heteroatoms.